The number of carbonyl (C=O) groups excluding carboxylic acids is 1. The van der Waals surface area contributed by atoms with Crippen LogP contribution in [0.15, 0.2) is 0 Å². The average molecular weight is 269 g/mol. The van der Waals surface area contributed by atoms with E-state index in [1.165, 1.54) is 6.42 Å². The molecule has 2 N–H and O–H groups in total. The smallest absolute Gasteiger partial charge is 0.357 e. The molecule has 5 fully saturated rings. The van der Waals surface area contributed by atoms with Gasteiger partial charge in [0, 0.05) is 12.8 Å². The maximum atomic E-state index is 12.0. The standard InChI is InChI=1S/C13H19NO5/c1-11-9(8-7-16-13(11,14)10(15)17-8)18-12(19-11)5-3-2-4-6-12/h8-9H,2-7,14H2,1H3/t8?,9?,11?,13-/m1/s1. The Hall–Kier alpha value is -0.690. The van der Waals surface area contributed by atoms with Crippen molar-refractivity contribution < 1.29 is 23.7 Å². The summed E-state index contributed by atoms with van der Waals surface area (Å²) in [6, 6.07) is 0. The zero-order valence-corrected chi connectivity index (χ0v) is 11.0. The molecule has 3 unspecified atom stereocenters. The zero-order valence-electron chi connectivity index (χ0n) is 11.0. The largest absolute Gasteiger partial charge is 0.454 e. The number of hydrogen-bond acceptors (Lipinski definition) is 6. The summed E-state index contributed by atoms with van der Waals surface area (Å²) in [4.78, 5) is 12.0. The SMILES string of the molecule is CC12OC3(CCCCC3)OC1C1CO[C@]2(N)C(=O)O1. The molecular weight excluding hydrogens is 250 g/mol. The van der Waals surface area contributed by atoms with Gasteiger partial charge in [-0.05, 0) is 19.8 Å². The normalized spacial score (nSPS) is 51.2. The Kier molecular flexibility index (Phi) is 2.22. The first kappa shape index (κ1) is 12.1. The van der Waals surface area contributed by atoms with Crippen LogP contribution >= 0.6 is 0 Å². The molecule has 5 rings (SSSR count). The van der Waals surface area contributed by atoms with Crippen LogP contribution in [0, 0.1) is 0 Å². The highest BCUT2D eigenvalue weighted by atomic mass is 16.8. The van der Waals surface area contributed by atoms with Crippen molar-refractivity contribution in [1.29, 1.82) is 0 Å². The summed E-state index contributed by atoms with van der Waals surface area (Å²) in [7, 11) is 0. The van der Waals surface area contributed by atoms with Gasteiger partial charge in [0.1, 0.15) is 6.10 Å². The number of carbonyl (C=O) groups is 1. The monoisotopic (exact) mass is 269 g/mol. The fourth-order valence-electron chi connectivity index (χ4n) is 3.87. The molecule has 4 aliphatic heterocycles. The molecule has 6 heteroatoms. The van der Waals surface area contributed by atoms with Crippen molar-refractivity contribution in [3.8, 4) is 0 Å². The van der Waals surface area contributed by atoms with Crippen LogP contribution in [-0.2, 0) is 23.7 Å². The molecule has 19 heavy (non-hydrogen) atoms. The summed E-state index contributed by atoms with van der Waals surface area (Å²) >= 11 is 0. The van der Waals surface area contributed by atoms with Crippen LogP contribution in [0.2, 0.25) is 0 Å². The fraction of sp³-hybridized carbons (Fsp3) is 0.923. The molecule has 5 aliphatic rings. The van der Waals surface area contributed by atoms with Gasteiger partial charge in [-0.25, -0.2) is 4.79 Å². The Labute approximate surface area is 111 Å². The highest BCUT2D eigenvalue weighted by Gasteiger charge is 2.75. The van der Waals surface area contributed by atoms with Crippen LogP contribution in [0.1, 0.15) is 39.0 Å². The minimum atomic E-state index is -1.55. The number of hydrogen-bond donors (Lipinski definition) is 1. The quantitative estimate of drug-likeness (QED) is 0.642. The molecular formula is C13H19NO5. The molecule has 0 radical (unpaired) electrons. The molecule has 0 aromatic heterocycles. The minimum Gasteiger partial charge on any atom is -0.454 e. The second-order valence-corrected chi connectivity index (χ2v) is 6.21. The first-order valence-electron chi connectivity index (χ1n) is 7.01. The molecule has 1 saturated carbocycles. The van der Waals surface area contributed by atoms with E-state index in [1.54, 1.807) is 0 Å². The topological polar surface area (TPSA) is 80.0 Å². The molecule has 0 aromatic rings. The third kappa shape index (κ3) is 1.33. The lowest BCUT2D eigenvalue weighted by molar-refractivity contribution is -0.295. The molecule has 1 spiro atoms. The zero-order chi connectivity index (χ0) is 13.3. The first-order valence-corrected chi connectivity index (χ1v) is 7.01. The summed E-state index contributed by atoms with van der Waals surface area (Å²) in [5.41, 5.74) is 3.64. The van der Waals surface area contributed by atoms with Gasteiger partial charge in [-0.15, -0.1) is 0 Å². The Morgan fingerprint density at radius 2 is 2.00 bits per heavy atom. The third-order valence-electron chi connectivity index (χ3n) is 5.01. The number of nitrogens with two attached hydrogens (primary N) is 1. The van der Waals surface area contributed by atoms with E-state index in [1.807, 2.05) is 6.92 Å². The van der Waals surface area contributed by atoms with E-state index < -0.39 is 29.2 Å². The van der Waals surface area contributed by atoms with Crippen molar-refractivity contribution in [2.45, 2.75) is 68.3 Å². The van der Waals surface area contributed by atoms with Crippen LogP contribution in [0.3, 0.4) is 0 Å². The van der Waals surface area contributed by atoms with Crippen molar-refractivity contribution in [3.05, 3.63) is 0 Å². The highest BCUT2D eigenvalue weighted by Crippen LogP contribution is 2.54. The van der Waals surface area contributed by atoms with E-state index >= 15 is 0 Å². The summed E-state index contributed by atoms with van der Waals surface area (Å²) in [5, 5.41) is 0. The van der Waals surface area contributed by atoms with Crippen molar-refractivity contribution in [2.75, 3.05) is 6.61 Å². The van der Waals surface area contributed by atoms with E-state index in [-0.39, 0.29) is 12.7 Å². The second kappa shape index (κ2) is 3.49. The summed E-state index contributed by atoms with van der Waals surface area (Å²) in [6.07, 6.45) is 4.28. The molecule has 4 heterocycles. The van der Waals surface area contributed by atoms with E-state index in [4.69, 9.17) is 24.7 Å². The maximum absolute atomic E-state index is 12.0. The predicted octanol–water partition coefficient (Wildman–Crippen LogP) is 0.432. The van der Waals surface area contributed by atoms with Crippen molar-refractivity contribution in [1.82, 2.24) is 0 Å². The maximum Gasteiger partial charge on any atom is 0.357 e. The number of ether oxygens (including phenoxy) is 4. The molecule has 2 bridgehead atoms. The van der Waals surface area contributed by atoms with Crippen molar-refractivity contribution >= 4 is 5.97 Å². The van der Waals surface area contributed by atoms with Crippen molar-refractivity contribution in [3.63, 3.8) is 0 Å². The summed E-state index contributed by atoms with van der Waals surface area (Å²) in [5.74, 6) is -1.15. The van der Waals surface area contributed by atoms with Gasteiger partial charge < -0.3 is 18.9 Å². The summed E-state index contributed by atoms with van der Waals surface area (Å²) < 4.78 is 23.2. The van der Waals surface area contributed by atoms with Gasteiger partial charge in [0.25, 0.3) is 0 Å². The van der Waals surface area contributed by atoms with Crippen LogP contribution in [0.5, 0.6) is 0 Å². The summed E-state index contributed by atoms with van der Waals surface area (Å²) in [6.45, 7) is 2.09. The highest BCUT2D eigenvalue weighted by molar-refractivity contribution is 5.83. The van der Waals surface area contributed by atoms with E-state index in [0.29, 0.717) is 0 Å². The predicted molar refractivity (Wildman–Crippen MR) is 62.9 cm³/mol. The fourth-order valence-corrected chi connectivity index (χ4v) is 3.87. The van der Waals surface area contributed by atoms with Crippen LogP contribution in [0.25, 0.3) is 0 Å². The van der Waals surface area contributed by atoms with Gasteiger partial charge in [-0.1, -0.05) is 6.42 Å². The Morgan fingerprint density at radius 3 is 2.68 bits per heavy atom. The second-order valence-electron chi connectivity index (χ2n) is 6.21. The van der Waals surface area contributed by atoms with Gasteiger partial charge in [0.15, 0.2) is 17.5 Å². The lowest BCUT2D eigenvalue weighted by atomic mass is 9.79. The van der Waals surface area contributed by atoms with Gasteiger partial charge in [-0.3, -0.25) is 5.73 Å². The third-order valence-corrected chi connectivity index (χ3v) is 5.01. The van der Waals surface area contributed by atoms with Crippen LogP contribution in [-0.4, -0.2) is 41.9 Å². The molecule has 0 amide bonds. The molecule has 4 saturated heterocycles. The van der Waals surface area contributed by atoms with E-state index in [9.17, 15) is 4.79 Å². The van der Waals surface area contributed by atoms with E-state index in [0.717, 1.165) is 25.7 Å². The molecule has 106 valence electrons. The number of fused-ring (bicyclic) bond motifs is 2. The van der Waals surface area contributed by atoms with Crippen LogP contribution in [0.4, 0.5) is 0 Å². The molecule has 4 atom stereocenters. The number of rotatable bonds is 0. The van der Waals surface area contributed by atoms with Crippen LogP contribution < -0.4 is 5.73 Å². The van der Waals surface area contributed by atoms with Gasteiger partial charge in [0.05, 0.1) is 6.61 Å². The first-order chi connectivity index (χ1) is 8.99. The average Bonchev–Trinajstić information content (AvgIpc) is 2.68. The molecule has 6 nitrogen and oxygen atoms in total. The molecule has 0 aromatic carbocycles. The van der Waals surface area contributed by atoms with Gasteiger partial charge in [0.2, 0.25) is 5.72 Å². The van der Waals surface area contributed by atoms with Gasteiger partial charge in [-0.2, -0.15) is 0 Å². The Morgan fingerprint density at radius 1 is 1.26 bits per heavy atom. The van der Waals surface area contributed by atoms with Gasteiger partial charge >= 0.3 is 5.97 Å². The van der Waals surface area contributed by atoms with Crippen molar-refractivity contribution in [2.24, 2.45) is 5.73 Å². The Balaban J connectivity index is 1.74. The molecule has 1 aliphatic carbocycles. The number of esters is 1. The van der Waals surface area contributed by atoms with E-state index in [2.05, 4.69) is 0 Å². The lowest BCUT2D eigenvalue weighted by Gasteiger charge is -2.53. The lowest BCUT2D eigenvalue weighted by Crippen LogP contribution is -2.80. The Bertz CT molecular complexity index is 435. The minimum absolute atomic E-state index is 0.280.